The van der Waals surface area contributed by atoms with Gasteiger partial charge in [0.25, 0.3) is 0 Å². The molecule has 0 saturated carbocycles. The van der Waals surface area contributed by atoms with Gasteiger partial charge in [-0.2, -0.15) is 0 Å². The average Bonchev–Trinajstić information content (AvgIpc) is 4.04. The second-order valence-corrected chi connectivity index (χ2v) is 15.2. The molecule has 9 aromatic carbocycles. The Morgan fingerprint density at radius 1 is 0.259 bits per heavy atom. The molecule has 0 fully saturated rings. The lowest BCUT2D eigenvalue weighted by molar-refractivity contribution is 0.663. The van der Waals surface area contributed by atoms with Crippen molar-refractivity contribution >= 4 is 87.6 Å². The topological polar surface area (TPSA) is 44.4 Å². The zero-order chi connectivity index (χ0) is 37.9. The van der Waals surface area contributed by atoms with Gasteiger partial charge in [0.1, 0.15) is 33.5 Å². The highest BCUT2D eigenvalue weighted by molar-refractivity contribution is 6.26. The molecular weight excluding hydrogens is 711 g/mol. The van der Waals surface area contributed by atoms with Crippen molar-refractivity contribution in [1.82, 2.24) is 4.57 Å². The van der Waals surface area contributed by atoms with Crippen LogP contribution in [-0.2, 0) is 0 Å². The van der Waals surface area contributed by atoms with E-state index in [-0.39, 0.29) is 0 Å². The van der Waals surface area contributed by atoms with Crippen molar-refractivity contribution in [3.8, 4) is 39.1 Å². The summed E-state index contributed by atoms with van der Waals surface area (Å²) in [5, 5.41) is 9.00. The van der Waals surface area contributed by atoms with E-state index < -0.39 is 0 Å². The van der Waals surface area contributed by atoms with Crippen LogP contribution >= 0.6 is 0 Å². The van der Waals surface area contributed by atoms with Gasteiger partial charge < -0.3 is 17.8 Å². The molecule has 0 aliphatic heterocycles. The first kappa shape index (κ1) is 31.4. The van der Waals surface area contributed by atoms with Crippen molar-refractivity contribution in [2.45, 2.75) is 0 Å². The Hall–Kier alpha value is -7.82. The fourth-order valence-electron chi connectivity index (χ4n) is 9.29. The van der Waals surface area contributed by atoms with E-state index in [0.717, 1.165) is 105 Å². The standard InChI is InChI=1S/C54H31NO3/c1-2-11-38(12-3-1)55-45-15-6-4-13-39(45)41-28-34(17-21-46(41)55)37-20-24-50-44(31-37)54-52(58-50)26-25-51-53(54)43-30-36(19-23-49(43)57-51)33-10-8-9-32(27-33)35-18-22-48-42(29-35)40-14-5-7-16-47(40)56-48/h1-31H. The minimum atomic E-state index is 0.845. The first-order valence-electron chi connectivity index (χ1n) is 19.6. The molecule has 0 N–H and O–H groups in total. The third-order valence-corrected chi connectivity index (χ3v) is 12.0. The number of aromatic nitrogens is 1. The first-order valence-corrected chi connectivity index (χ1v) is 19.6. The summed E-state index contributed by atoms with van der Waals surface area (Å²) in [4.78, 5) is 0. The second-order valence-electron chi connectivity index (χ2n) is 15.2. The predicted molar refractivity (Wildman–Crippen MR) is 239 cm³/mol. The van der Waals surface area contributed by atoms with Crippen LogP contribution in [0.15, 0.2) is 201 Å². The summed E-state index contributed by atoms with van der Waals surface area (Å²) >= 11 is 0. The Morgan fingerprint density at radius 2 is 0.707 bits per heavy atom. The fraction of sp³-hybridized carbons (Fsp3) is 0. The van der Waals surface area contributed by atoms with E-state index in [9.17, 15) is 0 Å². The third-order valence-electron chi connectivity index (χ3n) is 12.0. The van der Waals surface area contributed by atoms with Gasteiger partial charge in [-0.3, -0.25) is 0 Å². The summed E-state index contributed by atoms with van der Waals surface area (Å²) in [6.45, 7) is 0. The molecule has 0 radical (unpaired) electrons. The van der Waals surface area contributed by atoms with Crippen LogP contribution in [0.2, 0.25) is 0 Å². The second kappa shape index (κ2) is 11.8. The molecule has 0 spiro atoms. The monoisotopic (exact) mass is 741 g/mol. The molecular formula is C54H31NO3. The number of benzene rings is 9. The highest BCUT2D eigenvalue weighted by atomic mass is 16.3. The molecule has 13 rings (SSSR count). The van der Waals surface area contributed by atoms with E-state index in [2.05, 4.69) is 168 Å². The van der Waals surface area contributed by atoms with E-state index in [1.807, 2.05) is 24.3 Å². The van der Waals surface area contributed by atoms with Gasteiger partial charge >= 0.3 is 0 Å². The lowest BCUT2D eigenvalue weighted by Crippen LogP contribution is -1.92. The molecule has 4 nitrogen and oxygen atoms in total. The lowest BCUT2D eigenvalue weighted by Gasteiger charge is -2.08. The maximum atomic E-state index is 6.53. The Labute approximate surface area is 331 Å². The summed E-state index contributed by atoms with van der Waals surface area (Å²) < 4.78 is 21.5. The highest BCUT2D eigenvalue weighted by Gasteiger charge is 2.19. The molecule has 0 aliphatic rings. The molecule has 58 heavy (non-hydrogen) atoms. The molecule has 4 heteroatoms. The maximum Gasteiger partial charge on any atom is 0.136 e. The summed E-state index contributed by atoms with van der Waals surface area (Å²) in [7, 11) is 0. The number of para-hydroxylation sites is 3. The van der Waals surface area contributed by atoms with Crippen LogP contribution in [0.25, 0.3) is 127 Å². The number of nitrogens with zero attached hydrogens (tertiary/aromatic N) is 1. The van der Waals surface area contributed by atoms with E-state index in [4.69, 9.17) is 13.3 Å². The largest absolute Gasteiger partial charge is 0.456 e. The lowest BCUT2D eigenvalue weighted by atomic mass is 9.96. The van der Waals surface area contributed by atoms with E-state index in [1.54, 1.807) is 0 Å². The van der Waals surface area contributed by atoms with Crippen LogP contribution in [0.5, 0.6) is 0 Å². The molecule has 270 valence electrons. The van der Waals surface area contributed by atoms with Gasteiger partial charge in [0, 0.05) is 48.8 Å². The number of rotatable bonds is 4. The van der Waals surface area contributed by atoms with Crippen molar-refractivity contribution in [1.29, 1.82) is 0 Å². The minimum absolute atomic E-state index is 0.845. The fourth-order valence-corrected chi connectivity index (χ4v) is 9.29. The van der Waals surface area contributed by atoms with Crippen LogP contribution in [0.3, 0.4) is 0 Å². The van der Waals surface area contributed by atoms with Gasteiger partial charge in [-0.15, -0.1) is 0 Å². The molecule has 0 saturated heterocycles. The molecule has 0 amide bonds. The SMILES string of the molecule is c1ccc(-n2c3ccccc3c3cc(-c4ccc5oc6ccc7oc8ccc(-c9cccc(-c%10ccc%11oc%12ccccc%12c%11c%10)c9)cc8c7c6c5c4)ccc32)cc1. The molecule has 13 aromatic rings. The third kappa shape index (κ3) is 4.57. The summed E-state index contributed by atoms with van der Waals surface area (Å²) in [5.41, 5.74) is 15.6. The molecule has 4 aromatic heterocycles. The number of hydrogen-bond donors (Lipinski definition) is 0. The number of fused-ring (bicyclic) bond motifs is 13. The minimum Gasteiger partial charge on any atom is -0.456 e. The van der Waals surface area contributed by atoms with Gasteiger partial charge in [-0.1, -0.05) is 97.1 Å². The van der Waals surface area contributed by atoms with E-state index >= 15 is 0 Å². The Morgan fingerprint density at radius 3 is 1.38 bits per heavy atom. The number of hydrogen-bond acceptors (Lipinski definition) is 3. The highest BCUT2D eigenvalue weighted by Crippen LogP contribution is 2.43. The number of furan rings is 3. The van der Waals surface area contributed by atoms with E-state index in [1.165, 1.54) is 21.8 Å². The predicted octanol–water partition coefficient (Wildman–Crippen LogP) is 15.5. The van der Waals surface area contributed by atoms with Crippen LogP contribution in [-0.4, -0.2) is 4.57 Å². The van der Waals surface area contributed by atoms with Gasteiger partial charge in [0.15, 0.2) is 0 Å². The summed E-state index contributed by atoms with van der Waals surface area (Å²) in [6, 6.07) is 66.7. The summed E-state index contributed by atoms with van der Waals surface area (Å²) in [5.74, 6) is 0. The van der Waals surface area contributed by atoms with E-state index in [0.29, 0.717) is 0 Å². The molecule has 0 bridgehead atoms. The molecule has 4 heterocycles. The normalized spacial score (nSPS) is 12.1. The molecule has 0 atom stereocenters. The first-order chi connectivity index (χ1) is 28.7. The van der Waals surface area contributed by atoms with Crippen molar-refractivity contribution in [3.63, 3.8) is 0 Å². The Kier molecular flexibility index (Phi) is 6.41. The van der Waals surface area contributed by atoms with Crippen LogP contribution < -0.4 is 0 Å². The molecule has 0 aliphatic carbocycles. The van der Waals surface area contributed by atoms with Crippen molar-refractivity contribution < 1.29 is 13.3 Å². The van der Waals surface area contributed by atoms with Crippen LogP contribution in [0.4, 0.5) is 0 Å². The van der Waals surface area contributed by atoms with Crippen molar-refractivity contribution in [2.24, 2.45) is 0 Å². The quantitative estimate of drug-likeness (QED) is 0.180. The smallest absolute Gasteiger partial charge is 0.136 e. The maximum absolute atomic E-state index is 6.53. The van der Waals surface area contributed by atoms with Crippen LogP contribution in [0, 0.1) is 0 Å². The van der Waals surface area contributed by atoms with Crippen LogP contribution in [0.1, 0.15) is 0 Å². The van der Waals surface area contributed by atoms with Gasteiger partial charge in [0.2, 0.25) is 0 Å². The average molecular weight is 742 g/mol. The van der Waals surface area contributed by atoms with Crippen molar-refractivity contribution in [3.05, 3.63) is 188 Å². The van der Waals surface area contributed by atoms with Gasteiger partial charge in [-0.25, -0.2) is 0 Å². The van der Waals surface area contributed by atoms with Crippen molar-refractivity contribution in [2.75, 3.05) is 0 Å². The van der Waals surface area contributed by atoms with Gasteiger partial charge in [-0.05, 0) is 124 Å². The Bertz CT molecular complexity index is 3800. The zero-order valence-corrected chi connectivity index (χ0v) is 31.1. The summed E-state index contributed by atoms with van der Waals surface area (Å²) in [6.07, 6.45) is 0. The molecule has 0 unspecified atom stereocenters. The Balaban J connectivity index is 0.949. The van der Waals surface area contributed by atoms with Gasteiger partial charge in [0.05, 0.1) is 11.0 Å². The zero-order valence-electron chi connectivity index (χ0n) is 31.1.